The van der Waals surface area contributed by atoms with Crippen LogP contribution in [0.15, 0.2) is 6.20 Å². The van der Waals surface area contributed by atoms with Gasteiger partial charge in [-0.3, -0.25) is 4.68 Å². The fraction of sp³-hybridized carbons (Fsp3) is 0.700. The molecule has 4 nitrogen and oxygen atoms in total. The number of nitrogens with two attached hydrogens (primary N) is 1. The second-order valence-electron chi connectivity index (χ2n) is 3.68. The molecule has 0 aliphatic carbocycles. The molecule has 0 amide bonds. The Balaban J connectivity index is 2.71. The van der Waals surface area contributed by atoms with Crippen LogP contribution in [-0.2, 0) is 11.3 Å². The van der Waals surface area contributed by atoms with Gasteiger partial charge in [-0.25, -0.2) is 0 Å². The molecule has 1 unspecified atom stereocenters. The molecular formula is C10H18ClN3O. The molecule has 0 bridgehead atoms. The Bertz CT molecular complexity index is 312. The highest BCUT2D eigenvalue weighted by molar-refractivity contribution is 6.31. The number of aromatic nitrogens is 2. The van der Waals surface area contributed by atoms with E-state index in [9.17, 15) is 0 Å². The van der Waals surface area contributed by atoms with Crippen molar-refractivity contribution in [2.75, 3.05) is 6.61 Å². The maximum atomic E-state index is 6.02. The first-order chi connectivity index (χ1) is 7.06. The van der Waals surface area contributed by atoms with Crippen LogP contribution in [0.3, 0.4) is 0 Å². The maximum Gasteiger partial charge on any atom is 0.0834 e. The normalized spacial score (nSPS) is 13.5. The molecule has 1 heterocycles. The average molecular weight is 232 g/mol. The molecule has 1 aromatic heterocycles. The minimum Gasteiger partial charge on any atom is -0.377 e. The van der Waals surface area contributed by atoms with E-state index in [-0.39, 0.29) is 12.1 Å². The third-order valence-electron chi connectivity index (χ3n) is 2.09. The van der Waals surface area contributed by atoms with Crippen LogP contribution in [0.1, 0.15) is 32.5 Å². The van der Waals surface area contributed by atoms with Gasteiger partial charge in [-0.1, -0.05) is 11.6 Å². The van der Waals surface area contributed by atoms with Crippen LogP contribution in [0.25, 0.3) is 0 Å². The van der Waals surface area contributed by atoms with Crippen molar-refractivity contribution in [1.82, 2.24) is 9.78 Å². The number of nitrogens with zero attached hydrogens (tertiary/aromatic N) is 2. The van der Waals surface area contributed by atoms with Crippen molar-refractivity contribution in [2.45, 2.75) is 39.5 Å². The predicted octanol–water partition coefficient (Wildman–Crippen LogP) is 1.98. The number of hydrogen-bond acceptors (Lipinski definition) is 3. The SMILES string of the molecule is CCn1ncc(Cl)c1C(N)COC(C)C. The summed E-state index contributed by atoms with van der Waals surface area (Å²) in [4.78, 5) is 0. The van der Waals surface area contributed by atoms with E-state index in [1.165, 1.54) is 0 Å². The van der Waals surface area contributed by atoms with Crippen molar-refractivity contribution < 1.29 is 4.74 Å². The van der Waals surface area contributed by atoms with Gasteiger partial charge in [0.05, 0.1) is 35.7 Å². The highest BCUT2D eigenvalue weighted by Gasteiger charge is 2.16. The van der Waals surface area contributed by atoms with Gasteiger partial charge in [-0.05, 0) is 20.8 Å². The predicted molar refractivity (Wildman–Crippen MR) is 60.9 cm³/mol. The molecule has 2 N–H and O–H groups in total. The Morgan fingerprint density at radius 3 is 2.80 bits per heavy atom. The second-order valence-corrected chi connectivity index (χ2v) is 4.09. The van der Waals surface area contributed by atoms with Gasteiger partial charge in [-0.15, -0.1) is 0 Å². The van der Waals surface area contributed by atoms with Crippen molar-refractivity contribution in [3.63, 3.8) is 0 Å². The van der Waals surface area contributed by atoms with Gasteiger partial charge in [0.25, 0.3) is 0 Å². The summed E-state index contributed by atoms with van der Waals surface area (Å²) in [7, 11) is 0. The van der Waals surface area contributed by atoms with Gasteiger partial charge in [0.1, 0.15) is 0 Å². The summed E-state index contributed by atoms with van der Waals surface area (Å²) >= 11 is 6.02. The van der Waals surface area contributed by atoms with Crippen molar-refractivity contribution in [3.8, 4) is 0 Å². The van der Waals surface area contributed by atoms with E-state index in [0.717, 1.165) is 12.2 Å². The van der Waals surface area contributed by atoms with Crippen LogP contribution in [-0.4, -0.2) is 22.5 Å². The quantitative estimate of drug-likeness (QED) is 0.843. The zero-order valence-electron chi connectivity index (χ0n) is 9.40. The molecule has 0 spiro atoms. The largest absolute Gasteiger partial charge is 0.377 e. The lowest BCUT2D eigenvalue weighted by Gasteiger charge is -2.16. The van der Waals surface area contributed by atoms with Gasteiger partial charge in [0.2, 0.25) is 0 Å². The van der Waals surface area contributed by atoms with Crippen molar-refractivity contribution in [2.24, 2.45) is 5.73 Å². The molecule has 15 heavy (non-hydrogen) atoms. The van der Waals surface area contributed by atoms with E-state index in [1.54, 1.807) is 10.9 Å². The summed E-state index contributed by atoms with van der Waals surface area (Å²) in [6.07, 6.45) is 1.79. The van der Waals surface area contributed by atoms with Crippen LogP contribution < -0.4 is 5.73 Å². The van der Waals surface area contributed by atoms with E-state index in [4.69, 9.17) is 22.1 Å². The number of rotatable bonds is 5. The fourth-order valence-electron chi connectivity index (χ4n) is 1.37. The number of ether oxygens (including phenoxy) is 1. The Labute approximate surface area is 95.3 Å². The molecule has 0 aromatic carbocycles. The summed E-state index contributed by atoms with van der Waals surface area (Å²) in [5, 5.41) is 4.74. The van der Waals surface area contributed by atoms with E-state index in [0.29, 0.717) is 11.6 Å². The summed E-state index contributed by atoms with van der Waals surface area (Å²) in [6, 6.07) is -0.220. The van der Waals surface area contributed by atoms with Crippen LogP contribution in [0, 0.1) is 0 Å². The Kier molecular flexibility index (Phi) is 4.57. The van der Waals surface area contributed by atoms with Crippen LogP contribution in [0.2, 0.25) is 5.02 Å². The van der Waals surface area contributed by atoms with Gasteiger partial charge in [0.15, 0.2) is 0 Å². The minimum atomic E-state index is -0.220. The first kappa shape index (κ1) is 12.5. The zero-order chi connectivity index (χ0) is 11.4. The van der Waals surface area contributed by atoms with E-state index in [2.05, 4.69) is 5.10 Å². The second kappa shape index (κ2) is 5.49. The monoisotopic (exact) mass is 231 g/mol. The van der Waals surface area contributed by atoms with Crippen molar-refractivity contribution in [3.05, 3.63) is 16.9 Å². The number of aryl methyl sites for hydroxylation is 1. The van der Waals surface area contributed by atoms with Crippen LogP contribution >= 0.6 is 11.6 Å². The third kappa shape index (κ3) is 3.19. The molecule has 0 aliphatic heterocycles. The molecular weight excluding hydrogens is 214 g/mol. The Morgan fingerprint density at radius 1 is 1.60 bits per heavy atom. The number of hydrogen-bond donors (Lipinski definition) is 1. The van der Waals surface area contributed by atoms with Crippen LogP contribution in [0.5, 0.6) is 0 Å². The smallest absolute Gasteiger partial charge is 0.0834 e. The molecule has 5 heteroatoms. The topological polar surface area (TPSA) is 53.1 Å². The zero-order valence-corrected chi connectivity index (χ0v) is 10.2. The lowest BCUT2D eigenvalue weighted by molar-refractivity contribution is 0.0668. The lowest BCUT2D eigenvalue weighted by atomic mass is 10.2. The molecule has 1 atom stereocenters. The van der Waals surface area contributed by atoms with Crippen molar-refractivity contribution >= 4 is 11.6 Å². The molecule has 0 saturated carbocycles. The van der Waals surface area contributed by atoms with Crippen molar-refractivity contribution in [1.29, 1.82) is 0 Å². The van der Waals surface area contributed by atoms with E-state index < -0.39 is 0 Å². The molecule has 0 saturated heterocycles. The molecule has 86 valence electrons. The maximum absolute atomic E-state index is 6.02. The fourth-order valence-corrected chi connectivity index (χ4v) is 1.65. The lowest BCUT2D eigenvalue weighted by Crippen LogP contribution is -2.23. The standard InChI is InChI=1S/C10H18ClN3O/c1-4-14-10(8(11)5-13-14)9(12)6-15-7(2)3/h5,7,9H,4,6,12H2,1-3H3. The van der Waals surface area contributed by atoms with Gasteiger partial charge >= 0.3 is 0 Å². The summed E-state index contributed by atoms with van der Waals surface area (Å²) in [5.74, 6) is 0. The Morgan fingerprint density at radius 2 is 2.27 bits per heavy atom. The first-order valence-corrected chi connectivity index (χ1v) is 5.52. The van der Waals surface area contributed by atoms with E-state index >= 15 is 0 Å². The summed E-state index contributed by atoms with van der Waals surface area (Å²) in [5.41, 5.74) is 6.84. The van der Waals surface area contributed by atoms with Gasteiger partial charge in [-0.2, -0.15) is 5.10 Å². The van der Waals surface area contributed by atoms with E-state index in [1.807, 2.05) is 20.8 Å². The van der Waals surface area contributed by atoms with Gasteiger partial charge < -0.3 is 10.5 Å². The molecule has 1 rings (SSSR count). The first-order valence-electron chi connectivity index (χ1n) is 5.14. The van der Waals surface area contributed by atoms with Gasteiger partial charge in [0, 0.05) is 6.54 Å². The highest BCUT2D eigenvalue weighted by atomic mass is 35.5. The van der Waals surface area contributed by atoms with Crippen LogP contribution in [0.4, 0.5) is 0 Å². The third-order valence-corrected chi connectivity index (χ3v) is 2.38. The minimum absolute atomic E-state index is 0.174. The Hall–Kier alpha value is -0.580. The molecule has 1 aromatic rings. The average Bonchev–Trinajstić information content (AvgIpc) is 2.56. The molecule has 0 aliphatic rings. The summed E-state index contributed by atoms with van der Waals surface area (Å²) < 4.78 is 7.26. The number of halogens is 1. The molecule has 0 fully saturated rings. The highest BCUT2D eigenvalue weighted by Crippen LogP contribution is 2.21. The molecule has 0 radical (unpaired) electrons. The summed E-state index contributed by atoms with van der Waals surface area (Å²) in [6.45, 7) is 7.18.